The lowest BCUT2D eigenvalue weighted by Gasteiger charge is -2.34. The van der Waals surface area contributed by atoms with Crippen LogP contribution in [0.15, 0.2) is 41.3 Å². The summed E-state index contributed by atoms with van der Waals surface area (Å²) < 4.78 is 59.2. The van der Waals surface area contributed by atoms with Gasteiger partial charge in [-0.3, -0.25) is 4.79 Å². The standard InChI is InChI=1S/C18H17ClF2N2O4S/c1-27-16-6-5-12(19)11-13(16)18(24)22-7-9-23(10-8-22)28(25,26)17-14(20)3-2-4-15(17)21/h2-6,11H,7-10H2,1H3. The molecule has 0 N–H and O–H groups in total. The lowest BCUT2D eigenvalue weighted by atomic mass is 10.1. The Hall–Kier alpha value is -2.23. The predicted molar refractivity (Wildman–Crippen MR) is 99.0 cm³/mol. The molecule has 2 aromatic carbocycles. The third kappa shape index (κ3) is 3.82. The highest BCUT2D eigenvalue weighted by atomic mass is 35.5. The Kier molecular flexibility index (Phi) is 5.87. The van der Waals surface area contributed by atoms with Gasteiger partial charge >= 0.3 is 0 Å². The average Bonchev–Trinajstić information content (AvgIpc) is 2.67. The van der Waals surface area contributed by atoms with Gasteiger partial charge in [0.1, 0.15) is 17.4 Å². The van der Waals surface area contributed by atoms with Crippen molar-refractivity contribution in [2.45, 2.75) is 4.90 Å². The molecule has 3 rings (SSSR count). The summed E-state index contributed by atoms with van der Waals surface area (Å²) in [6, 6.07) is 7.50. The molecule has 1 saturated heterocycles. The maximum absolute atomic E-state index is 13.9. The summed E-state index contributed by atoms with van der Waals surface area (Å²) in [5, 5.41) is 0.361. The lowest BCUT2D eigenvalue weighted by molar-refractivity contribution is 0.0694. The van der Waals surface area contributed by atoms with Gasteiger partial charge in [-0.2, -0.15) is 4.31 Å². The second-order valence-corrected chi connectivity index (χ2v) is 8.40. The summed E-state index contributed by atoms with van der Waals surface area (Å²) in [7, 11) is -2.93. The number of rotatable bonds is 4. The molecule has 1 aliphatic rings. The van der Waals surface area contributed by atoms with E-state index in [1.165, 1.54) is 18.1 Å². The van der Waals surface area contributed by atoms with Crippen LogP contribution in [0.4, 0.5) is 8.78 Å². The molecule has 0 unspecified atom stereocenters. The first-order chi connectivity index (χ1) is 13.3. The maximum Gasteiger partial charge on any atom is 0.257 e. The third-order valence-electron chi connectivity index (χ3n) is 4.43. The van der Waals surface area contributed by atoms with E-state index in [0.29, 0.717) is 10.8 Å². The van der Waals surface area contributed by atoms with Crippen LogP contribution in [-0.4, -0.2) is 56.8 Å². The summed E-state index contributed by atoms with van der Waals surface area (Å²) in [6.07, 6.45) is 0. The molecule has 0 saturated carbocycles. The molecule has 1 fully saturated rings. The Morgan fingerprint density at radius 2 is 1.68 bits per heavy atom. The van der Waals surface area contributed by atoms with Crippen LogP contribution in [-0.2, 0) is 10.0 Å². The smallest absolute Gasteiger partial charge is 0.257 e. The predicted octanol–water partition coefficient (Wildman–Crippen LogP) is 2.77. The van der Waals surface area contributed by atoms with Crippen molar-refractivity contribution in [3.05, 3.63) is 58.6 Å². The number of hydrogen-bond acceptors (Lipinski definition) is 4. The van der Waals surface area contributed by atoms with Gasteiger partial charge in [0.15, 0.2) is 4.90 Å². The Morgan fingerprint density at radius 1 is 1.07 bits per heavy atom. The van der Waals surface area contributed by atoms with Crippen molar-refractivity contribution in [1.82, 2.24) is 9.21 Å². The first-order valence-electron chi connectivity index (χ1n) is 8.32. The number of sulfonamides is 1. The number of piperazine rings is 1. The number of nitrogens with zero attached hydrogens (tertiary/aromatic N) is 2. The molecule has 1 amide bonds. The molecule has 0 radical (unpaired) electrons. The zero-order valence-corrected chi connectivity index (χ0v) is 16.4. The molecule has 0 atom stereocenters. The first kappa shape index (κ1) is 20.5. The number of benzene rings is 2. The van der Waals surface area contributed by atoms with Gasteiger partial charge in [0.25, 0.3) is 5.91 Å². The third-order valence-corrected chi connectivity index (χ3v) is 6.62. The van der Waals surface area contributed by atoms with E-state index in [1.54, 1.807) is 12.1 Å². The lowest BCUT2D eigenvalue weighted by Crippen LogP contribution is -2.50. The number of amides is 1. The molecule has 6 nitrogen and oxygen atoms in total. The number of carbonyl (C=O) groups excluding carboxylic acids is 1. The Labute approximate surface area is 166 Å². The van der Waals surface area contributed by atoms with Crippen LogP contribution in [0.25, 0.3) is 0 Å². The number of hydrogen-bond donors (Lipinski definition) is 0. The van der Waals surface area contributed by atoms with Gasteiger partial charge in [-0.1, -0.05) is 17.7 Å². The number of methoxy groups -OCH3 is 1. The van der Waals surface area contributed by atoms with E-state index in [4.69, 9.17) is 16.3 Å². The minimum absolute atomic E-state index is 0.0593. The Morgan fingerprint density at radius 3 is 2.25 bits per heavy atom. The fourth-order valence-electron chi connectivity index (χ4n) is 3.01. The maximum atomic E-state index is 13.9. The minimum Gasteiger partial charge on any atom is -0.496 e. The molecular weight excluding hydrogens is 414 g/mol. The van der Waals surface area contributed by atoms with Gasteiger partial charge < -0.3 is 9.64 Å². The second-order valence-electron chi connectivity index (χ2n) is 6.09. The van der Waals surface area contributed by atoms with Crippen molar-refractivity contribution in [3.8, 4) is 5.75 Å². The Bertz CT molecular complexity index is 988. The van der Waals surface area contributed by atoms with Crippen molar-refractivity contribution >= 4 is 27.5 Å². The minimum atomic E-state index is -4.36. The zero-order valence-electron chi connectivity index (χ0n) is 14.9. The molecule has 10 heteroatoms. The van der Waals surface area contributed by atoms with Crippen molar-refractivity contribution in [2.24, 2.45) is 0 Å². The average molecular weight is 431 g/mol. The first-order valence-corrected chi connectivity index (χ1v) is 10.1. The monoisotopic (exact) mass is 430 g/mol. The summed E-state index contributed by atoms with van der Waals surface area (Å²) in [4.78, 5) is 13.2. The zero-order chi connectivity index (χ0) is 20.5. The largest absolute Gasteiger partial charge is 0.496 e. The molecule has 1 heterocycles. The second kappa shape index (κ2) is 8.02. The Balaban J connectivity index is 1.78. The summed E-state index contributed by atoms with van der Waals surface area (Å²) >= 11 is 5.95. The molecule has 0 aromatic heterocycles. The summed E-state index contributed by atoms with van der Waals surface area (Å²) in [5.41, 5.74) is 0.256. The van der Waals surface area contributed by atoms with Crippen molar-refractivity contribution in [2.75, 3.05) is 33.3 Å². The van der Waals surface area contributed by atoms with Gasteiger partial charge in [-0.05, 0) is 30.3 Å². The van der Waals surface area contributed by atoms with Crippen LogP contribution in [0.2, 0.25) is 5.02 Å². The highest BCUT2D eigenvalue weighted by molar-refractivity contribution is 7.89. The van der Waals surface area contributed by atoms with E-state index in [0.717, 1.165) is 22.5 Å². The van der Waals surface area contributed by atoms with Crippen LogP contribution in [0.5, 0.6) is 5.75 Å². The van der Waals surface area contributed by atoms with Crippen LogP contribution in [0, 0.1) is 11.6 Å². The van der Waals surface area contributed by atoms with Crippen LogP contribution in [0.3, 0.4) is 0 Å². The molecule has 0 aliphatic carbocycles. The van der Waals surface area contributed by atoms with Gasteiger partial charge in [-0.15, -0.1) is 0 Å². The van der Waals surface area contributed by atoms with Crippen molar-refractivity contribution in [3.63, 3.8) is 0 Å². The normalized spacial score (nSPS) is 15.5. The quantitative estimate of drug-likeness (QED) is 0.748. The van der Waals surface area contributed by atoms with Crippen molar-refractivity contribution < 1.29 is 26.7 Å². The van der Waals surface area contributed by atoms with E-state index in [2.05, 4.69) is 0 Å². The van der Waals surface area contributed by atoms with Gasteiger partial charge in [0.05, 0.1) is 12.7 Å². The van der Waals surface area contributed by atoms with Gasteiger partial charge in [-0.25, -0.2) is 17.2 Å². The van der Waals surface area contributed by atoms with E-state index in [1.807, 2.05) is 0 Å². The summed E-state index contributed by atoms with van der Waals surface area (Å²) in [5.74, 6) is -2.32. The molecular formula is C18H17ClF2N2O4S. The van der Waals surface area contributed by atoms with E-state index in [-0.39, 0.29) is 37.6 Å². The molecule has 0 bridgehead atoms. The van der Waals surface area contributed by atoms with Gasteiger partial charge in [0, 0.05) is 31.2 Å². The molecule has 150 valence electrons. The topological polar surface area (TPSA) is 66.9 Å². The molecule has 2 aromatic rings. The molecule has 28 heavy (non-hydrogen) atoms. The highest BCUT2D eigenvalue weighted by Crippen LogP contribution is 2.26. The van der Waals surface area contributed by atoms with Crippen LogP contribution >= 0.6 is 11.6 Å². The number of ether oxygens (including phenoxy) is 1. The number of halogens is 3. The van der Waals surface area contributed by atoms with E-state index >= 15 is 0 Å². The van der Waals surface area contributed by atoms with Gasteiger partial charge in [0.2, 0.25) is 10.0 Å². The summed E-state index contributed by atoms with van der Waals surface area (Å²) in [6.45, 7) is -0.0664. The van der Waals surface area contributed by atoms with E-state index < -0.39 is 26.6 Å². The fraction of sp³-hybridized carbons (Fsp3) is 0.278. The molecule has 0 spiro atoms. The van der Waals surface area contributed by atoms with Crippen LogP contribution in [0.1, 0.15) is 10.4 Å². The fourth-order valence-corrected chi connectivity index (χ4v) is 4.71. The molecule has 1 aliphatic heterocycles. The van der Waals surface area contributed by atoms with Crippen molar-refractivity contribution in [1.29, 1.82) is 0 Å². The van der Waals surface area contributed by atoms with Crippen LogP contribution < -0.4 is 4.74 Å². The highest BCUT2D eigenvalue weighted by Gasteiger charge is 2.34. The SMILES string of the molecule is COc1ccc(Cl)cc1C(=O)N1CCN(S(=O)(=O)c2c(F)cccc2F)CC1. The number of carbonyl (C=O) groups is 1. The van der Waals surface area contributed by atoms with E-state index in [9.17, 15) is 22.0 Å².